The molecule has 1 N–H and O–H groups in total. The summed E-state index contributed by atoms with van der Waals surface area (Å²) in [5.41, 5.74) is 2.07. The van der Waals surface area contributed by atoms with E-state index in [2.05, 4.69) is 15.2 Å². The molecule has 0 spiro atoms. The molecule has 0 bridgehead atoms. The van der Waals surface area contributed by atoms with E-state index < -0.39 is 0 Å². The molecule has 0 saturated heterocycles. The fourth-order valence-corrected chi connectivity index (χ4v) is 1.80. The Labute approximate surface area is 97.7 Å². The van der Waals surface area contributed by atoms with Crippen LogP contribution in [-0.2, 0) is 0 Å². The number of aromatic nitrogens is 4. The van der Waals surface area contributed by atoms with Crippen molar-refractivity contribution in [1.82, 2.24) is 15.2 Å². The van der Waals surface area contributed by atoms with Crippen molar-refractivity contribution in [3.8, 4) is 17.0 Å². The number of nitrogens with zero attached hydrogens (tertiary/aromatic N) is 3. The van der Waals surface area contributed by atoms with Gasteiger partial charge in [-0.25, -0.2) is 0 Å². The zero-order valence-electron chi connectivity index (χ0n) is 9.29. The predicted octanol–water partition coefficient (Wildman–Crippen LogP) is 1.22. The number of methoxy groups -OCH3 is 1. The van der Waals surface area contributed by atoms with Crippen molar-refractivity contribution in [3.63, 3.8) is 0 Å². The van der Waals surface area contributed by atoms with E-state index >= 15 is 0 Å². The van der Waals surface area contributed by atoms with E-state index in [9.17, 15) is 0 Å². The van der Waals surface area contributed by atoms with Gasteiger partial charge in [-0.1, -0.05) is 12.1 Å². The van der Waals surface area contributed by atoms with Crippen molar-refractivity contribution < 1.29 is 9.14 Å². The van der Waals surface area contributed by atoms with Crippen LogP contribution in [0.2, 0.25) is 0 Å². The molecule has 84 valence electrons. The van der Waals surface area contributed by atoms with Gasteiger partial charge in [-0.3, -0.25) is 0 Å². The van der Waals surface area contributed by atoms with Crippen molar-refractivity contribution in [2.75, 3.05) is 7.11 Å². The van der Waals surface area contributed by atoms with Crippen molar-refractivity contribution in [1.29, 1.82) is 0 Å². The van der Waals surface area contributed by atoms with Gasteiger partial charge in [0.1, 0.15) is 11.4 Å². The van der Waals surface area contributed by atoms with Gasteiger partial charge >= 0.3 is 5.78 Å². The van der Waals surface area contributed by atoms with E-state index in [1.54, 1.807) is 19.6 Å². The first-order valence-corrected chi connectivity index (χ1v) is 5.22. The predicted molar refractivity (Wildman–Crippen MR) is 61.5 cm³/mol. The molecule has 0 radical (unpaired) electrons. The summed E-state index contributed by atoms with van der Waals surface area (Å²) in [6, 6.07) is 9.83. The largest absolute Gasteiger partial charge is 0.497 e. The molecule has 0 unspecified atom stereocenters. The lowest BCUT2D eigenvalue weighted by Gasteiger charge is -2.03. The standard InChI is InChI=1S/C12H10N4O/c1-17-10-4-2-3-9(7-10)11-5-6-13-12-15-14-8-16(11)12/h2-8H,1H3/p+1. The van der Waals surface area contributed by atoms with Gasteiger partial charge in [0.25, 0.3) is 0 Å². The third kappa shape index (κ3) is 1.61. The third-order valence-corrected chi connectivity index (χ3v) is 2.62. The van der Waals surface area contributed by atoms with E-state index in [-0.39, 0.29) is 0 Å². The molecule has 0 aliphatic heterocycles. The lowest BCUT2D eigenvalue weighted by Crippen LogP contribution is -2.23. The monoisotopic (exact) mass is 227 g/mol. The Balaban J connectivity index is 2.23. The van der Waals surface area contributed by atoms with Crippen LogP contribution in [0.15, 0.2) is 42.9 Å². The smallest absolute Gasteiger partial charge is 0.384 e. The van der Waals surface area contributed by atoms with E-state index in [1.165, 1.54) is 0 Å². The number of aromatic amines is 1. The molecule has 0 fully saturated rings. The summed E-state index contributed by atoms with van der Waals surface area (Å²) in [6.07, 6.45) is 3.46. The number of hydrogen-bond acceptors (Lipinski definition) is 3. The lowest BCUT2D eigenvalue weighted by molar-refractivity contribution is -0.502. The molecule has 2 aromatic heterocycles. The summed E-state index contributed by atoms with van der Waals surface area (Å²) >= 11 is 0. The van der Waals surface area contributed by atoms with Crippen molar-refractivity contribution in [2.24, 2.45) is 0 Å². The molecular weight excluding hydrogens is 216 g/mol. The average molecular weight is 227 g/mol. The Bertz CT molecular complexity index is 662. The molecule has 0 amide bonds. The molecule has 0 saturated carbocycles. The molecule has 3 rings (SSSR count). The van der Waals surface area contributed by atoms with Gasteiger partial charge in [0, 0.05) is 11.6 Å². The summed E-state index contributed by atoms with van der Waals surface area (Å²) < 4.78 is 7.12. The summed E-state index contributed by atoms with van der Waals surface area (Å²) in [5.74, 6) is 1.54. The minimum absolute atomic E-state index is 0.713. The fourth-order valence-electron chi connectivity index (χ4n) is 1.80. The second-order valence-corrected chi connectivity index (χ2v) is 3.61. The normalized spacial score (nSPS) is 10.6. The van der Waals surface area contributed by atoms with Crippen LogP contribution in [0, 0.1) is 0 Å². The lowest BCUT2D eigenvalue weighted by atomic mass is 10.1. The highest BCUT2D eigenvalue weighted by molar-refractivity contribution is 5.58. The molecule has 5 heteroatoms. The molecule has 0 atom stereocenters. The second-order valence-electron chi connectivity index (χ2n) is 3.61. The molecule has 17 heavy (non-hydrogen) atoms. The van der Waals surface area contributed by atoms with Crippen molar-refractivity contribution in [2.45, 2.75) is 0 Å². The summed E-state index contributed by atoms with van der Waals surface area (Å²) in [4.78, 5) is 4.18. The third-order valence-electron chi connectivity index (χ3n) is 2.62. The van der Waals surface area contributed by atoms with Crippen LogP contribution in [0.25, 0.3) is 17.0 Å². The summed E-state index contributed by atoms with van der Waals surface area (Å²) in [6.45, 7) is 0. The highest BCUT2D eigenvalue weighted by atomic mass is 16.5. The molecule has 2 heterocycles. The van der Waals surface area contributed by atoms with Crippen LogP contribution in [0.4, 0.5) is 0 Å². The Hall–Kier alpha value is -2.43. The number of ether oxygens (including phenoxy) is 1. The van der Waals surface area contributed by atoms with E-state index in [1.807, 2.05) is 34.7 Å². The minimum Gasteiger partial charge on any atom is -0.497 e. The number of hydrogen-bond donors (Lipinski definition) is 1. The summed E-state index contributed by atoms with van der Waals surface area (Å²) in [7, 11) is 1.66. The van der Waals surface area contributed by atoms with Crippen molar-refractivity contribution >= 4 is 5.78 Å². The molecule has 1 aromatic carbocycles. The van der Waals surface area contributed by atoms with Crippen LogP contribution in [0.3, 0.4) is 0 Å². The Morgan fingerprint density at radius 1 is 1.29 bits per heavy atom. The van der Waals surface area contributed by atoms with Gasteiger partial charge in [0.15, 0.2) is 0 Å². The Morgan fingerprint density at radius 3 is 3.12 bits per heavy atom. The van der Waals surface area contributed by atoms with Gasteiger partial charge in [0.2, 0.25) is 6.33 Å². The fraction of sp³-hybridized carbons (Fsp3) is 0.0833. The molecule has 5 nitrogen and oxygen atoms in total. The number of rotatable bonds is 2. The van der Waals surface area contributed by atoms with Crippen LogP contribution in [0.5, 0.6) is 5.75 Å². The second kappa shape index (κ2) is 3.86. The Morgan fingerprint density at radius 2 is 2.24 bits per heavy atom. The number of nitrogens with one attached hydrogen (secondary N) is 1. The van der Waals surface area contributed by atoms with E-state index in [0.29, 0.717) is 5.78 Å². The highest BCUT2D eigenvalue weighted by Crippen LogP contribution is 2.20. The number of benzene rings is 1. The Kier molecular flexibility index (Phi) is 2.22. The van der Waals surface area contributed by atoms with E-state index in [4.69, 9.17) is 4.74 Å². The number of fused-ring (bicyclic) bond motifs is 1. The molecule has 3 aromatic rings. The zero-order valence-corrected chi connectivity index (χ0v) is 9.29. The van der Waals surface area contributed by atoms with Crippen LogP contribution < -0.4 is 9.14 Å². The first kappa shape index (κ1) is 9.77. The van der Waals surface area contributed by atoms with Gasteiger partial charge in [-0.2, -0.15) is 4.40 Å². The van der Waals surface area contributed by atoms with Gasteiger partial charge in [0.05, 0.1) is 13.3 Å². The van der Waals surface area contributed by atoms with E-state index in [0.717, 1.165) is 17.0 Å². The van der Waals surface area contributed by atoms with Gasteiger partial charge < -0.3 is 4.74 Å². The quantitative estimate of drug-likeness (QED) is 0.670. The van der Waals surface area contributed by atoms with Gasteiger partial charge in [-0.05, 0) is 17.2 Å². The number of H-pyrrole nitrogens is 1. The highest BCUT2D eigenvalue weighted by Gasteiger charge is 2.10. The van der Waals surface area contributed by atoms with Crippen LogP contribution >= 0.6 is 0 Å². The maximum absolute atomic E-state index is 5.22. The maximum atomic E-state index is 5.22. The zero-order chi connectivity index (χ0) is 11.7. The summed E-state index contributed by atoms with van der Waals surface area (Å²) in [5, 5.41) is 6.80. The van der Waals surface area contributed by atoms with Crippen molar-refractivity contribution in [3.05, 3.63) is 42.9 Å². The minimum atomic E-state index is 0.713. The first-order chi connectivity index (χ1) is 8.38. The van der Waals surface area contributed by atoms with Gasteiger partial charge in [-0.15, -0.1) is 10.1 Å². The topological polar surface area (TPSA) is 54.9 Å². The first-order valence-electron chi connectivity index (χ1n) is 5.22. The maximum Gasteiger partial charge on any atom is 0.384 e. The average Bonchev–Trinajstić information content (AvgIpc) is 2.87. The van der Waals surface area contributed by atoms with Crippen LogP contribution in [0.1, 0.15) is 0 Å². The SMILES string of the molecule is COc1cccc(-c2ccnc3[nH]nc[n+]23)c1. The molecule has 0 aliphatic rings. The molecular formula is C12H11N4O+. The molecule has 0 aliphatic carbocycles. The van der Waals surface area contributed by atoms with Crippen LogP contribution in [-0.4, -0.2) is 22.3 Å².